The van der Waals surface area contributed by atoms with Gasteiger partial charge in [0.2, 0.25) is 23.3 Å². The van der Waals surface area contributed by atoms with Crippen LogP contribution in [0.4, 0.5) is 11.6 Å². The Bertz CT molecular complexity index is 1560. The molecule has 0 spiro atoms. The summed E-state index contributed by atoms with van der Waals surface area (Å²) in [4.78, 5) is 28.3. The van der Waals surface area contributed by atoms with Crippen molar-refractivity contribution in [1.29, 1.82) is 0 Å². The molecule has 5 aromatic heterocycles. The van der Waals surface area contributed by atoms with Gasteiger partial charge in [0.15, 0.2) is 0 Å². The Balaban J connectivity index is 1.01. The molecule has 0 aromatic carbocycles. The second-order valence-corrected chi connectivity index (χ2v) is 11.2. The van der Waals surface area contributed by atoms with Crippen LogP contribution >= 0.6 is 0 Å². The average Bonchev–Trinajstić information content (AvgIpc) is 3.90. The van der Waals surface area contributed by atoms with Gasteiger partial charge in [-0.2, -0.15) is 19.9 Å². The van der Waals surface area contributed by atoms with Crippen LogP contribution < -0.4 is 10.6 Å². The molecule has 13 heteroatoms. The summed E-state index contributed by atoms with van der Waals surface area (Å²) in [6.45, 7) is 8.80. The highest BCUT2D eigenvalue weighted by atomic mass is 16.5. The summed E-state index contributed by atoms with van der Waals surface area (Å²) in [5.74, 6) is 3.19. The number of likely N-dealkylation sites (tertiary alicyclic amines) is 2. The minimum Gasteiger partial charge on any atom is -0.332 e. The van der Waals surface area contributed by atoms with E-state index in [1.807, 2.05) is 54.6 Å². The molecule has 2 aliphatic heterocycles. The van der Waals surface area contributed by atoms with Gasteiger partial charge in [0, 0.05) is 25.2 Å². The van der Waals surface area contributed by atoms with Crippen LogP contribution in [-0.4, -0.2) is 97.4 Å². The van der Waals surface area contributed by atoms with Gasteiger partial charge in [-0.05, 0) is 76.1 Å². The lowest BCUT2D eigenvalue weighted by Gasteiger charge is -2.12. The fourth-order valence-electron chi connectivity index (χ4n) is 5.72. The quantitative estimate of drug-likeness (QED) is 0.217. The van der Waals surface area contributed by atoms with Crippen molar-refractivity contribution in [3.63, 3.8) is 0 Å². The zero-order valence-electron chi connectivity index (χ0n) is 24.7. The van der Waals surface area contributed by atoms with Crippen LogP contribution in [-0.2, 0) is 0 Å². The SMILES string of the molecule is c1cc(-c2noc(-c3cccc([NH2+]CCN4CCCC4)n3)n2)nc(-c2noc(-c3cccc([NH2+]CCN4CCCC4)n3)n2)c1. The molecule has 7 rings (SSSR count). The van der Waals surface area contributed by atoms with Crippen molar-refractivity contribution in [2.75, 3.05) is 52.4 Å². The average molecular weight is 596 g/mol. The van der Waals surface area contributed by atoms with Crippen molar-refractivity contribution >= 4 is 11.6 Å². The van der Waals surface area contributed by atoms with E-state index in [2.05, 4.69) is 45.7 Å². The van der Waals surface area contributed by atoms with E-state index >= 15 is 0 Å². The fraction of sp³-hybridized carbons (Fsp3) is 0.387. The molecule has 2 saturated heterocycles. The molecule has 0 aliphatic carbocycles. The molecule has 44 heavy (non-hydrogen) atoms. The van der Waals surface area contributed by atoms with Crippen LogP contribution in [0.3, 0.4) is 0 Å². The van der Waals surface area contributed by atoms with Crippen LogP contribution in [0.25, 0.3) is 46.2 Å². The van der Waals surface area contributed by atoms with Gasteiger partial charge < -0.3 is 9.05 Å². The summed E-state index contributed by atoms with van der Waals surface area (Å²) in [5.41, 5.74) is 2.32. The maximum Gasteiger partial charge on any atom is 0.277 e. The number of hydrogen-bond acceptors (Lipinski definition) is 11. The lowest BCUT2D eigenvalue weighted by molar-refractivity contribution is -0.575. The zero-order chi connectivity index (χ0) is 29.6. The Morgan fingerprint density at radius 3 is 1.43 bits per heavy atom. The highest BCUT2D eigenvalue weighted by Crippen LogP contribution is 2.24. The van der Waals surface area contributed by atoms with Gasteiger partial charge in [0.1, 0.15) is 22.8 Å². The molecule has 0 amide bonds. The largest absolute Gasteiger partial charge is 0.332 e. The smallest absolute Gasteiger partial charge is 0.277 e. The number of pyridine rings is 3. The predicted molar refractivity (Wildman–Crippen MR) is 162 cm³/mol. The number of rotatable bonds is 12. The van der Waals surface area contributed by atoms with Gasteiger partial charge >= 0.3 is 0 Å². The minimum atomic E-state index is 0.340. The molecule has 0 radical (unpaired) electrons. The second kappa shape index (κ2) is 13.5. The summed E-state index contributed by atoms with van der Waals surface area (Å²) in [5, 5.41) is 12.6. The Kier molecular flexibility index (Phi) is 8.68. The molecular weight excluding hydrogens is 558 g/mol. The van der Waals surface area contributed by atoms with E-state index in [-0.39, 0.29) is 0 Å². The molecule has 4 N–H and O–H groups in total. The summed E-state index contributed by atoms with van der Waals surface area (Å²) in [6.07, 6.45) is 5.19. The number of quaternary nitrogens is 2. The molecule has 0 bridgehead atoms. The van der Waals surface area contributed by atoms with Crippen molar-refractivity contribution in [1.82, 2.24) is 45.0 Å². The van der Waals surface area contributed by atoms with Crippen molar-refractivity contribution in [3.8, 4) is 46.2 Å². The van der Waals surface area contributed by atoms with Gasteiger partial charge in [-0.25, -0.2) is 4.98 Å². The Morgan fingerprint density at radius 1 is 0.523 bits per heavy atom. The third-order valence-electron chi connectivity index (χ3n) is 8.03. The van der Waals surface area contributed by atoms with E-state index in [0.29, 0.717) is 46.2 Å². The second-order valence-electron chi connectivity index (χ2n) is 11.2. The molecule has 226 valence electrons. The van der Waals surface area contributed by atoms with Crippen molar-refractivity contribution in [2.24, 2.45) is 0 Å². The van der Waals surface area contributed by atoms with Crippen LogP contribution in [0.15, 0.2) is 63.6 Å². The van der Waals surface area contributed by atoms with E-state index < -0.39 is 0 Å². The van der Waals surface area contributed by atoms with Gasteiger partial charge in [-0.1, -0.05) is 28.5 Å². The van der Waals surface area contributed by atoms with E-state index in [4.69, 9.17) is 19.0 Å². The molecule has 7 heterocycles. The summed E-state index contributed by atoms with van der Waals surface area (Å²) >= 11 is 0. The van der Waals surface area contributed by atoms with Crippen molar-refractivity contribution in [2.45, 2.75) is 25.7 Å². The Morgan fingerprint density at radius 2 is 0.955 bits per heavy atom. The highest BCUT2D eigenvalue weighted by Gasteiger charge is 2.19. The normalized spacial score (nSPS) is 15.8. The molecule has 5 aromatic rings. The van der Waals surface area contributed by atoms with Gasteiger partial charge in [0.25, 0.3) is 11.8 Å². The monoisotopic (exact) mass is 595 g/mol. The van der Waals surface area contributed by atoms with Crippen LogP contribution in [0.5, 0.6) is 0 Å². The van der Waals surface area contributed by atoms with Crippen LogP contribution in [0.2, 0.25) is 0 Å². The number of aromatic nitrogens is 7. The maximum absolute atomic E-state index is 5.57. The molecule has 0 unspecified atom stereocenters. The third kappa shape index (κ3) is 6.86. The van der Waals surface area contributed by atoms with Crippen molar-refractivity contribution in [3.05, 3.63) is 54.6 Å². The minimum absolute atomic E-state index is 0.340. The number of nitrogens with two attached hydrogens (primary N) is 2. The summed E-state index contributed by atoms with van der Waals surface area (Å²) < 4.78 is 11.1. The van der Waals surface area contributed by atoms with Gasteiger partial charge in [0.05, 0.1) is 13.1 Å². The van der Waals surface area contributed by atoms with Gasteiger partial charge in [-0.3, -0.25) is 20.4 Å². The first-order valence-corrected chi connectivity index (χ1v) is 15.5. The molecule has 0 atom stereocenters. The van der Waals surface area contributed by atoms with E-state index in [9.17, 15) is 0 Å². The molecule has 2 fully saturated rings. The lowest BCUT2D eigenvalue weighted by atomic mass is 10.2. The first-order valence-electron chi connectivity index (χ1n) is 15.5. The molecule has 13 nitrogen and oxygen atoms in total. The van der Waals surface area contributed by atoms with Crippen LogP contribution in [0, 0.1) is 0 Å². The Hall–Kier alpha value is -4.43. The summed E-state index contributed by atoms with van der Waals surface area (Å²) in [7, 11) is 0. The fourth-order valence-corrected chi connectivity index (χ4v) is 5.72. The Labute approximate surface area is 255 Å². The van der Waals surface area contributed by atoms with E-state index in [1.165, 1.54) is 51.9 Å². The third-order valence-corrected chi connectivity index (χ3v) is 8.03. The number of hydrogen-bond donors (Lipinski definition) is 2. The maximum atomic E-state index is 5.57. The van der Waals surface area contributed by atoms with Crippen molar-refractivity contribution < 1.29 is 19.7 Å². The lowest BCUT2D eigenvalue weighted by Crippen LogP contribution is -2.80. The first kappa shape index (κ1) is 28.3. The van der Waals surface area contributed by atoms with Crippen LogP contribution in [0.1, 0.15) is 25.7 Å². The zero-order valence-corrected chi connectivity index (χ0v) is 24.7. The van der Waals surface area contributed by atoms with E-state index in [1.54, 1.807) is 0 Å². The molecule has 0 saturated carbocycles. The summed E-state index contributed by atoms with van der Waals surface area (Å²) in [6, 6.07) is 17.1. The topological polar surface area (TPSA) is 156 Å². The highest BCUT2D eigenvalue weighted by molar-refractivity contribution is 5.60. The first-order chi connectivity index (χ1) is 21.8. The molecular formula is C31H37N11O2+2. The predicted octanol–water partition coefficient (Wildman–Crippen LogP) is 1.89. The number of nitrogens with zero attached hydrogens (tertiary/aromatic N) is 9. The standard InChI is InChI=1S/C31H35N11O2/c1-2-17-41(16-1)20-14-32-26-12-6-10-24(35-26)30-37-28(39-43-30)22-8-5-9-23(34-22)29-38-31(44-40-29)25-11-7-13-27(36-25)33-15-21-42-18-3-4-19-42/h5-13H,1-4,14-21H2,(H,32,35)(H,33,36)/p+2. The van der Waals surface area contributed by atoms with E-state index in [0.717, 1.165) is 37.8 Å². The van der Waals surface area contributed by atoms with Gasteiger partial charge in [-0.15, -0.1) is 0 Å². The molecule has 2 aliphatic rings.